The van der Waals surface area contributed by atoms with Crippen LogP contribution in [0.1, 0.15) is 54.6 Å². The van der Waals surface area contributed by atoms with Gasteiger partial charge in [-0.25, -0.2) is 9.78 Å². The number of hydrogen-bond donors (Lipinski definition) is 2. The zero-order valence-electron chi connectivity index (χ0n) is 14.8. The lowest BCUT2D eigenvalue weighted by molar-refractivity contribution is 0.0792. The van der Waals surface area contributed by atoms with Crippen LogP contribution in [-0.4, -0.2) is 44.5 Å². The van der Waals surface area contributed by atoms with Crippen molar-refractivity contribution < 1.29 is 4.79 Å². The van der Waals surface area contributed by atoms with Crippen LogP contribution < -0.4 is 17.0 Å². The molecular formula is C18H23N5O3. The van der Waals surface area contributed by atoms with Crippen molar-refractivity contribution in [3.05, 3.63) is 38.2 Å². The van der Waals surface area contributed by atoms with Crippen molar-refractivity contribution in [1.82, 2.24) is 19.4 Å². The Balaban J connectivity index is 1.96. The van der Waals surface area contributed by atoms with Gasteiger partial charge in [0.05, 0.1) is 10.9 Å². The van der Waals surface area contributed by atoms with E-state index in [4.69, 9.17) is 5.73 Å². The van der Waals surface area contributed by atoms with Crippen molar-refractivity contribution in [3.8, 4) is 0 Å². The molecule has 1 aliphatic heterocycles. The number of nitrogens with two attached hydrogens (primary N) is 1. The van der Waals surface area contributed by atoms with Gasteiger partial charge in [0.25, 0.3) is 11.5 Å². The number of carbonyl (C=O) groups excluding carboxylic acids is 1. The van der Waals surface area contributed by atoms with Gasteiger partial charge in [0, 0.05) is 37.3 Å². The van der Waals surface area contributed by atoms with Gasteiger partial charge in [-0.05, 0) is 31.7 Å². The summed E-state index contributed by atoms with van der Waals surface area (Å²) >= 11 is 0. The third-order valence-corrected chi connectivity index (χ3v) is 5.15. The molecule has 0 aromatic carbocycles. The topological polar surface area (TPSA) is 114 Å². The fraction of sp³-hybridized carbons (Fsp3) is 0.556. The maximum atomic E-state index is 13.1. The number of aryl methyl sites for hydroxylation is 1. The number of fused-ring (bicyclic) bond motifs is 1. The number of H-pyrrole nitrogens is 1. The molecule has 26 heavy (non-hydrogen) atoms. The van der Waals surface area contributed by atoms with Crippen LogP contribution >= 0.6 is 0 Å². The van der Waals surface area contributed by atoms with Crippen molar-refractivity contribution in [2.45, 2.75) is 51.1 Å². The normalized spacial score (nSPS) is 20.1. The van der Waals surface area contributed by atoms with Crippen molar-refractivity contribution in [2.24, 2.45) is 5.73 Å². The molecule has 1 amide bonds. The Morgan fingerprint density at radius 3 is 2.73 bits per heavy atom. The summed E-state index contributed by atoms with van der Waals surface area (Å²) in [6, 6.07) is 1.70. The molecule has 4 rings (SSSR count). The largest absolute Gasteiger partial charge is 0.337 e. The number of amides is 1. The number of likely N-dealkylation sites (tertiary alicyclic amines) is 1. The molecule has 1 saturated carbocycles. The van der Waals surface area contributed by atoms with E-state index in [1.165, 1.54) is 4.57 Å². The van der Waals surface area contributed by atoms with Gasteiger partial charge in [-0.1, -0.05) is 6.92 Å². The third kappa shape index (κ3) is 2.84. The predicted molar refractivity (Wildman–Crippen MR) is 97.4 cm³/mol. The second-order valence-corrected chi connectivity index (χ2v) is 7.28. The van der Waals surface area contributed by atoms with Crippen LogP contribution in [-0.2, 0) is 6.54 Å². The minimum atomic E-state index is -0.556. The monoisotopic (exact) mass is 357 g/mol. The van der Waals surface area contributed by atoms with Crippen molar-refractivity contribution in [1.29, 1.82) is 0 Å². The summed E-state index contributed by atoms with van der Waals surface area (Å²) < 4.78 is 1.47. The summed E-state index contributed by atoms with van der Waals surface area (Å²) in [7, 11) is 0. The van der Waals surface area contributed by atoms with Crippen LogP contribution in [0.15, 0.2) is 15.7 Å². The standard InChI is InChI=1S/C18H23N5O3/c1-2-6-23-15-14(16(24)21-18(23)26)12(8-13(20-15)10-3-4-10)17(25)22-7-5-11(19)9-22/h8,10-11H,2-7,9,19H2,1H3,(H,21,24,26)/t11-/m1/s1. The first-order valence-electron chi connectivity index (χ1n) is 9.22. The summed E-state index contributed by atoms with van der Waals surface area (Å²) in [6.07, 6.45) is 3.51. The average molecular weight is 357 g/mol. The van der Waals surface area contributed by atoms with E-state index in [0.29, 0.717) is 36.8 Å². The SMILES string of the molecule is CCCn1c(=O)[nH]c(=O)c2c(C(=O)N3CC[C@@H](N)C3)cc(C3CC3)nc21. The number of nitrogens with zero attached hydrogens (tertiary/aromatic N) is 3. The van der Waals surface area contributed by atoms with Gasteiger partial charge in [-0.2, -0.15) is 0 Å². The van der Waals surface area contributed by atoms with E-state index in [0.717, 1.165) is 31.4 Å². The first kappa shape index (κ1) is 17.0. The van der Waals surface area contributed by atoms with E-state index in [9.17, 15) is 14.4 Å². The van der Waals surface area contributed by atoms with E-state index in [1.54, 1.807) is 11.0 Å². The number of carbonyl (C=O) groups is 1. The van der Waals surface area contributed by atoms with Crippen LogP contribution in [0.5, 0.6) is 0 Å². The Morgan fingerprint density at radius 2 is 2.12 bits per heavy atom. The molecule has 0 bridgehead atoms. The van der Waals surface area contributed by atoms with Gasteiger partial charge in [0.15, 0.2) is 5.65 Å². The molecule has 2 fully saturated rings. The molecule has 2 aliphatic rings. The van der Waals surface area contributed by atoms with E-state index in [1.807, 2.05) is 6.92 Å². The molecule has 2 aromatic rings. The van der Waals surface area contributed by atoms with Crippen molar-refractivity contribution in [2.75, 3.05) is 13.1 Å². The molecular weight excluding hydrogens is 334 g/mol. The molecule has 8 nitrogen and oxygen atoms in total. The quantitative estimate of drug-likeness (QED) is 0.829. The zero-order chi connectivity index (χ0) is 18.4. The lowest BCUT2D eigenvalue weighted by Gasteiger charge is -2.18. The summed E-state index contributed by atoms with van der Waals surface area (Å²) in [5, 5.41) is 0.202. The molecule has 1 atom stereocenters. The Kier molecular flexibility index (Phi) is 4.14. The Labute approximate surface area is 150 Å². The van der Waals surface area contributed by atoms with Gasteiger partial charge in [0.2, 0.25) is 0 Å². The average Bonchev–Trinajstić information content (AvgIpc) is 3.38. The molecule has 0 spiro atoms. The Bertz CT molecular complexity index is 989. The van der Waals surface area contributed by atoms with Gasteiger partial charge < -0.3 is 10.6 Å². The second kappa shape index (κ2) is 6.35. The molecule has 1 aliphatic carbocycles. The maximum Gasteiger partial charge on any atom is 0.329 e. The first-order valence-corrected chi connectivity index (χ1v) is 9.22. The molecule has 0 radical (unpaired) electrons. The van der Waals surface area contributed by atoms with E-state index < -0.39 is 11.2 Å². The van der Waals surface area contributed by atoms with Crippen LogP contribution in [0.25, 0.3) is 11.0 Å². The zero-order valence-corrected chi connectivity index (χ0v) is 14.8. The van der Waals surface area contributed by atoms with E-state index in [-0.39, 0.29) is 17.3 Å². The molecule has 3 N–H and O–H groups in total. The molecule has 3 heterocycles. The molecule has 2 aromatic heterocycles. The summed E-state index contributed by atoms with van der Waals surface area (Å²) in [5.74, 6) is 0.0932. The number of aromatic nitrogens is 3. The first-order chi connectivity index (χ1) is 12.5. The minimum Gasteiger partial charge on any atom is -0.337 e. The maximum absolute atomic E-state index is 13.1. The number of nitrogens with one attached hydrogen (secondary N) is 1. The highest BCUT2D eigenvalue weighted by Gasteiger charge is 2.31. The molecule has 0 unspecified atom stereocenters. The minimum absolute atomic E-state index is 0.0356. The van der Waals surface area contributed by atoms with Gasteiger partial charge in [-0.15, -0.1) is 0 Å². The summed E-state index contributed by atoms with van der Waals surface area (Å²) in [4.78, 5) is 46.6. The van der Waals surface area contributed by atoms with Crippen molar-refractivity contribution >= 4 is 16.9 Å². The fourth-order valence-corrected chi connectivity index (χ4v) is 3.62. The second-order valence-electron chi connectivity index (χ2n) is 7.28. The highest BCUT2D eigenvalue weighted by molar-refractivity contribution is 6.05. The van der Waals surface area contributed by atoms with Gasteiger partial charge in [-0.3, -0.25) is 19.1 Å². The van der Waals surface area contributed by atoms with Crippen LogP contribution in [0, 0.1) is 0 Å². The Hall–Kier alpha value is -2.48. The van der Waals surface area contributed by atoms with Crippen LogP contribution in [0.2, 0.25) is 0 Å². The summed E-state index contributed by atoms with van der Waals surface area (Å²) in [5.41, 5.74) is 6.34. The molecule has 8 heteroatoms. The predicted octanol–water partition coefficient (Wildman–Crippen LogP) is 0.545. The number of aromatic amines is 1. The smallest absolute Gasteiger partial charge is 0.329 e. The lowest BCUT2D eigenvalue weighted by Crippen LogP contribution is -2.35. The van der Waals surface area contributed by atoms with E-state index in [2.05, 4.69) is 9.97 Å². The number of hydrogen-bond acceptors (Lipinski definition) is 5. The third-order valence-electron chi connectivity index (χ3n) is 5.15. The highest BCUT2D eigenvalue weighted by atomic mass is 16.2. The number of pyridine rings is 1. The Morgan fingerprint density at radius 1 is 1.35 bits per heavy atom. The molecule has 138 valence electrons. The van der Waals surface area contributed by atoms with Gasteiger partial charge in [0.1, 0.15) is 0 Å². The number of rotatable bonds is 4. The lowest BCUT2D eigenvalue weighted by atomic mass is 10.1. The summed E-state index contributed by atoms with van der Waals surface area (Å²) in [6.45, 7) is 3.45. The van der Waals surface area contributed by atoms with Crippen LogP contribution in [0.4, 0.5) is 0 Å². The fourth-order valence-electron chi connectivity index (χ4n) is 3.62. The highest BCUT2D eigenvalue weighted by Crippen LogP contribution is 2.40. The van der Waals surface area contributed by atoms with Crippen LogP contribution in [0.3, 0.4) is 0 Å². The molecule has 1 saturated heterocycles. The van der Waals surface area contributed by atoms with E-state index >= 15 is 0 Å². The van der Waals surface area contributed by atoms with Gasteiger partial charge >= 0.3 is 5.69 Å². The van der Waals surface area contributed by atoms with Crippen molar-refractivity contribution in [3.63, 3.8) is 0 Å².